The van der Waals surface area contributed by atoms with Crippen molar-refractivity contribution in [1.82, 2.24) is 9.38 Å². The van der Waals surface area contributed by atoms with E-state index < -0.39 is 5.97 Å². The van der Waals surface area contributed by atoms with Crippen LogP contribution >= 0.6 is 0 Å². The summed E-state index contributed by atoms with van der Waals surface area (Å²) in [6, 6.07) is 8.69. The van der Waals surface area contributed by atoms with Crippen LogP contribution in [0.4, 0.5) is 11.5 Å². The monoisotopic (exact) mass is 340 g/mol. The third-order valence-corrected chi connectivity index (χ3v) is 3.65. The molecule has 0 atom stereocenters. The van der Waals surface area contributed by atoms with Crippen LogP contribution in [0.25, 0.3) is 5.65 Å². The zero-order chi connectivity index (χ0) is 18.0. The van der Waals surface area contributed by atoms with Gasteiger partial charge in [-0.2, -0.15) is 0 Å². The molecule has 0 amide bonds. The van der Waals surface area contributed by atoms with Gasteiger partial charge in [0.25, 0.3) is 0 Å². The predicted molar refractivity (Wildman–Crippen MR) is 90.6 cm³/mol. The van der Waals surface area contributed by atoms with Crippen LogP contribution in [0.15, 0.2) is 46.8 Å². The molecule has 8 heteroatoms. The van der Waals surface area contributed by atoms with Gasteiger partial charge in [0, 0.05) is 12.3 Å². The second kappa shape index (κ2) is 6.60. The first-order valence-electron chi connectivity index (χ1n) is 7.40. The summed E-state index contributed by atoms with van der Waals surface area (Å²) in [4.78, 5) is 15.6. The molecule has 0 radical (unpaired) electrons. The number of nitrogens with zero attached hydrogens (tertiary/aromatic N) is 4. The summed E-state index contributed by atoms with van der Waals surface area (Å²) < 4.78 is 12.0. The van der Waals surface area contributed by atoms with E-state index in [1.165, 1.54) is 7.11 Å². The summed E-state index contributed by atoms with van der Waals surface area (Å²) in [7, 11) is 3.06. The largest absolute Gasteiger partial charge is 0.493 e. The maximum atomic E-state index is 11.5. The van der Waals surface area contributed by atoms with Gasteiger partial charge in [0.2, 0.25) is 0 Å². The Balaban J connectivity index is 2.08. The van der Waals surface area contributed by atoms with Crippen LogP contribution in [0, 0.1) is 6.92 Å². The fourth-order valence-electron chi connectivity index (χ4n) is 2.42. The number of carboxylic acid groups (broad SMARTS) is 1. The number of hydrogen-bond donors (Lipinski definition) is 1. The molecule has 0 fully saturated rings. The number of imidazole rings is 1. The Morgan fingerprint density at radius 1 is 1.16 bits per heavy atom. The number of fused-ring (bicyclic) bond motifs is 1. The molecular weight excluding hydrogens is 324 g/mol. The highest BCUT2D eigenvalue weighted by Gasteiger charge is 2.19. The molecule has 128 valence electrons. The van der Waals surface area contributed by atoms with Crippen LogP contribution in [0.2, 0.25) is 0 Å². The number of ether oxygens (including phenoxy) is 2. The van der Waals surface area contributed by atoms with Gasteiger partial charge in [-0.05, 0) is 30.7 Å². The van der Waals surface area contributed by atoms with E-state index in [1.54, 1.807) is 42.0 Å². The maximum absolute atomic E-state index is 11.5. The number of aromatic nitrogens is 2. The van der Waals surface area contributed by atoms with Gasteiger partial charge in [0.05, 0.1) is 19.9 Å². The average molecular weight is 340 g/mol. The molecule has 8 nitrogen and oxygen atoms in total. The van der Waals surface area contributed by atoms with Gasteiger partial charge >= 0.3 is 5.97 Å². The molecule has 0 unspecified atom stereocenters. The molecular formula is C17H16N4O4. The molecule has 0 aliphatic carbocycles. The topological polar surface area (TPSA) is 97.8 Å². The fourth-order valence-corrected chi connectivity index (χ4v) is 2.42. The van der Waals surface area contributed by atoms with Crippen molar-refractivity contribution < 1.29 is 19.4 Å². The molecule has 25 heavy (non-hydrogen) atoms. The van der Waals surface area contributed by atoms with E-state index in [4.69, 9.17) is 9.47 Å². The first-order chi connectivity index (χ1) is 12.0. The fraction of sp³-hybridized carbons (Fsp3) is 0.176. The Hall–Kier alpha value is -3.42. The number of carboxylic acids is 1. The standard InChI is InChI=1S/C17H16N4O4/c1-10-5-4-8-21-15(10)18-14(17(22)23)16(21)20-19-11-6-7-12(24-2)13(9-11)25-3/h4-9H,1-3H3,(H,22,23). The second-order valence-corrected chi connectivity index (χ2v) is 5.21. The SMILES string of the molecule is COc1ccc(N=Nc2c(C(=O)O)nc3c(C)cccn23)cc1OC. The van der Waals surface area contributed by atoms with Crippen molar-refractivity contribution in [3.63, 3.8) is 0 Å². The van der Waals surface area contributed by atoms with Crippen LogP contribution < -0.4 is 9.47 Å². The van der Waals surface area contributed by atoms with Gasteiger partial charge in [-0.15, -0.1) is 10.2 Å². The van der Waals surface area contributed by atoms with E-state index in [1.807, 2.05) is 13.0 Å². The molecule has 2 aromatic heterocycles. The highest BCUT2D eigenvalue weighted by molar-refractivity contribution is 5.92. The Morgan fingerprint density at radius 3 is 2.60 bits per heavy atom. The van der Waals surface area contributed by atoms with E-state index in [2.05, 4.69) is 15.2 Å². The van der Waals surface area contributed by atoms with Crippen LogP contribution in [-0.4, -0.2) is 34.7 Å². The summed E-state index contributed by atoms with van der Waals surface area (Å²) in [5.41, 5.74) is 1.72. The molecule has 0 spiro atoms. The molecule has 0 saturated carbocycles. The lowest BCUT2D eigenvalue weighted by molar-refractivity contribution is 0.0692. The van der Waals surface area contributed by atoms with Crippen LogP contribution in [0.3, 0.4) is 0 Å². The number of benzene rings is 1. The molecule has 2 heterocycles. The summed E-state index contributed by atoms with van der Waals surface area (Å²) in [6.07, 6.45) is 1.70. The summed E-state index contributed by atoms with van der Waals surface area (Å²) in [6.45, 7) is 1.85. The number of aryl methyl sites for hydroxylation is 1. The number of hydrogen-bond acceptors (Lipinski definition) is 6. The summed E-state index contributed by atoms with van der Waals surface area (Å²) in [5, 5.41) is 17.6. The number of azo groups is 1. The highest BCUT2D eigenvalue weighted by atomic mass is 16.5. The predicted octanol–water partition coefficient (Wildman–Crippen LogP) is 3.77. The maximum Gasteiger partial charge on any atom is 0.358 e. The van der Waals surface area contributed by atoms with E-state index in [9.17, 15) is 9.90 Å². The lowest BCUT2D eigenvalue weighted by atomic mass is 10.3. The molecule has 1 aromatic carbocycles. The number of methoxy groups -OCH3 is 2. The molecule has 0 saturated heterocycles. The van der Waals surface area contributed by atoms with Crippen LogP contribution in [-0.2, 0) is 0 Å². The van der Waals surface area contributed by atoms with Crippen molar-refractivity contribution in [2.24, 2.45) is 10.2 Å². The lowest BCUT2D eigenvalue weighted by Crippen LogP contribution is -1.96. The Kier molecular flexibility index (Phi) is 4.34. The van der Waals surface area contributed by atoms with Gasteiger partial charge in [0.1, 0.15) is 5.65 Å². The minimum absolute atomic E-state index is 0.154. The Bertz CT molecular complexity index is 978. The first-order valence-corrected chi connectivity index (χ1v) is 7.40. The Morgan fingerprint density at radius 2 is 1.92 bits per heavy atom. The lowest BCUT2D eigenvalue weighted by Gasteiger charge is -2.06. The van der Waals surface area contributed by atoms with Gasteiger partial charge in [-0.3, -0.25) is 4.40 Å². The van der Waals surface area contributed by atoms with Crippen molar-refractivity contribution in [1.29, 1.82) is 0 Å². The third kappa shape index (κ3) is 3.01. The molecule has 0 bridgehead atoms. The Labute approximate surface area is 143 Å². The van der Waals surface area contributed by atoms with Crippen molar-refractivity contribution in [3.8, 4) is 11.5 Å². The average Bonchev–Trinajstić information content (AvgIpc) is 3.00. The second-order valence-electron chi connectivity index (χ2n) is 5.21. The number of pyridine rings is 1. The smallest absolute Gasteiger partial charge is 0.358 e. The van der Waals surface area contributed by atoms with E-state index in [0.717, 1.165) is 5.56 Å². The van der Waals surface area contributed by atoms with Crippen molar-refractivity contribution in [2.75, 3.05) is 14.2 Å². The van der Waals surface area contributed by atoms with Crippen LogP contribution in [0.5, 0.6) is 11.5 Å². The molecule has 3 rings (SSSR count). The molecule has 1 N–H and O–H groups in total. The zero-order valence-corrected chi connectivity index (χ0v) is 13.9. The van der Waals surface area contributed by atoms with Gasteiger partial charge in [-0.1, -0.05) is 6.07 Å². The summed E-state index contributed by atoms with van der Waals surface area (Å²) in [5.74, 6) is 0.0647. The van der Waals surface area contributed by atoms with E-state index in [-0.39, 0.29) is 11.5 Å². The van der Waals surface area contributed by atoms with Crippen molar-refractivity contribution >= 4 is 23.1 Å². The minimum Gasteiger partial charge on any atom is -0.493 e. The minimum atomic E-state index is -1.16. The van der Waals surface area contributed by atoms with Gasteiger partial charge in [0.15, 0.2) is 23.0 Å². The number of rotatable bonds is 5. The van der Waals surface area contributed by atoms with Crippen molar-refractivity contribution in [3.05, 3.63) is 47.8 Å². The number of carbonyl (C=O) groups is 1. The zero-order valence-electron chi connectivity index (χ0n) is 13.9. The number of aromatic carboxylic acids is 1. The summed E-state index contributed by atoms with van der Waals surface area (Å²) >= 11 is 0. The highest BCUT2D eigenvalue weighted by Crippen LogP contribution is 2.32. The molecule has 0 aliphatic heterocycles. The third-order valence-electron chi connectivity index (χ3n) is 3.65. The van der Waals surface area contributed by atoms with E-state index >= 15 is 0 Å². The van der Waals surface area contributed by atoms with Crippen LogP contribution in [0.1, 0.15) is 16.1 Å². The molecule has 3 aromatic rings. The molecule has 0 aliphatic rings. The van der Waals surface area contributed by atoms with E-state index in [0.29, 0.717) is 22.8 Å². The normalized spacial score (nSPS) is 11.2. The van der Waals surface area contributed by atoms with Gasteiger partial charge < -0.3 is 14.6 Å². The first kappa shape index (κ1) is 16.4. The van der Waals surface area contributed by atoms with Gasteiger partial charge in [-0.25, -0.2) is 9.78 Å². The van der Waals surface area contributed by atoms with Crippen molar-refractivity contribution in [2.45, 2.75) is 6.92 Å². The quantitative estimate of drug-likeness (QED) is 0.713.